The highest BCUT2D eigenvalue weighted by Gasteiger charge is 2.20. The first-order chi connectivity index (χ1) is 16.1. The normalized spacial score (nSPS) is 11.3. The fourth-order valence-corrected chi connectivity index (χ4v) is 3.59. The third-order valence-corrected chi connectivity index (χ3v) is 5.89. The van der Waals surface area contributed by atoms with E-state index in [1.165, 1.54) is 13.4 Å². The van der Waals surface area contributed by atoms with Gasteiger partial charge in [-0.15, -0.1) is 0 Å². The van der Waals surface area contributed by atoms with Crippen LogP contribution in [0, 0.1) is 13.8 Å². The molecule has 13 nitrogen and oxygen atoms in total. The molecule has 34 heavy (non-hydrogen) atoms. The van der Waals surface area contributed by atoms with E-state index in [2.05, 4.69) is 45.6 Å². The van der Waals surface area contributed by atoms with Crippen molar-refractivity contribution in [2.45, 2.75) is 13.8 Å². The summed E-state index contributed by atoms with van der Waals surface area (Å²) >= 11 is 0. The van der Waals surface area contributed by atoms with E-state index < -0.39 is 10.0 Å². The number of sulfonamides is 1. The Morgan fingerprint density at radius 1 is 0.941 bits per heavy atom. The summed E-state index contributed by atoms with van der Waals surface area (Å²) in [6, 6.07) is 5.11. The second-order valence-corrected chi connectivity index (χ2v) is 9.56. The third kappa shape index (κ3) is 5.23. The lowest BCUT2D eigenvalue weighted by Crippen LogP contribution is -2.26. The molecule has 0 amide bonds. The van der Waals surface area contributed by atoms with Gasteiger partial charge in [0.25, 0.3) is 0 Å². The minimum atomic E-state index is -3.57. The summed E-state index contributed by atoms with van der Waals surface area (Å²) in [5.41, 5.74) is 1.70. The van der Waals surface area contributed by atoms with Crippen molar-refractivity contribution in [3.05, 3.63) is 48.6 Å². The van der Waals surface area contributed by atoms with Crippen molar-refractivity contribution < 1.29 is 8.42 Å². The van der Waals surface area contributed by atoms with Crippen LogP contribution in [0.4, 0.5) is 29.0 Å². The maximum atomic E-state index is 12.3. The summed E-state index contributed by atoms with van der Waals surface area (Å²) < 4.78 is 27.3. The number of hydrogen-bond donors (Lipinski definition) is 2. The molecule has 4 aromatic heterocycles. The van der Waals surface area contributed by atoms with Gasteiger partial charge >= 0.3 is 0 Å². The summed E-state index contributed by atoms with van der Waals surface area (Å²) in [5.74, 6) is 2.83. The maximum Gasteiger partial charge on any atom is 0.232 e. The number of aromatic nitrogens is 8. The topological polar surface area (TPSA) is 157 Å². The average Bonchev–Trinajstić information content (AvgIpc) is 3.19. The average molecular weight is 482 g/mol. The smallest absolute Gasteiger partial charge is 0.232 e. The van der Waals surface area contributed by atoms with Crippen molar-refractivity contribution in [1.82, 2.24) is 39.7 Å². The maximum absolute atomic E-state index is 12.3. The highest BCUT2D eigenvalue weighted by molar-refractivity contribution is 7.92. The standard InChI is InChI=1S/C20H23N11O2S/c1-12-6-18(26-13(2)25-12)27-16-8-17(23-10-22-16)28-20-15(31(4)34(5,32)33)7-14(9-21-20)19-24-11-30(3)29-19/h6-11H,1-5H3,(H2,21,22,23,25,26,27,28). The highest BCUT2D eigenvalue weighted by atomic mass is 32.2. The molecule has 0 aliphatic heterocycles. The number of anilines is 5. The van der Waals surface area contributed by atoms with Crippen LogP contribution in [0.5, 0.6) is 0 Å². The summed E-state index contributed by atoms with van der Waals surface area (Å²) in [5, 5.41) is 10.4. The Labute approximate surface area is 196 Å². The Morgan fingerprint density at radius 3 is 2.32 bits per heavy atom. The molecule has 0 aromatic carbocycles. The molecule has 0 spiro atoms. The van der Waals surface area contributed by atoms with Crippen LogP contribution in [-0.2, 0) is 17.1 Å². The van der Waals surface area contributed by atoms with Gasteiger partial charge in [0.1, 0.15) is 35.9 Å². The largest absolute Gasteiger partial charge is 0.325 e. The molecule has 0 saturated carbocycles. The molecule has 176 valence electrons. The highest BCUT2D eigenvalue weighted by Crippen LogP contribution is 2.31. The van der Waals surface area contributed by atoms with Crippen LogP contribution in [0.1, 0.15) is 11.5 Å². The zero-order valence-corrected chi connectivity index (χ0v) is 20.0. The molecule has 0 atom stereocenters. The molecule has 0 radical (unpaired) electrons. The number of hydrogen-bond acceptors (Lipinski definition) is 11. The minimum Gasteiger partial charge on any atom is -0.325 e. The van der Waals surface area contributed by atoms with Gasteiger partial charge < -0.3 is 10.6 Å². The Morgan fingerprint density at radius 2 is 1.68 bits per heavy atom. The molecule has 0 unspecified atom stereocenters. The van der Waals surface area contributed by atoms with Crippen molar-refractivity contribution in [3.8, 4) is 11.4 Å². The van der Waals surface area contributed by atoms with Crippen molar-refractivity contribution in [3.63, 3.8) is 0 Å². The molecule has 0 fully saturated rings. The fraction of sp³-hybridized carbons (Fsp3) is 0.250. The van der Waals surface area contributed by atoms with Crippen molar-refractivity contribution in [1.29, 1.82) is 0 Å². The summed E-state index contributed by atoms with van der Waals surface area (Å²) in [6.07, 6.45) is 5.60. The molecular weight excluding hydrogens is 458 g/mol. The summed E-state index contributed by atoms with van der Waals surface area (Å²) in [7, 11) is -0.385. The predicted octanol–water partition coefficient (Wildman–Crippen LogP) is 1.96. The predicted molar refractivity (Wildman–Crippen MR) is 128 cm³/mol. The second kappa shape index (κ2) is 8.97. The van der Waals surface area contributed by atoms with Crippen molar-refractivity contribution >= 4 is 39.0 Å². The molecule has 4 heterocycles. The number of rotatable bonds is 7. The van der Waals surface area contributed by atoms with E-state index in [4.69, 9.17) is 0 Å². The van der Waals surface area contributed by atoms with E-state index in [1.807, 2.05) is 6.92 Å². The Hall–Kier alpha value is -4.20. The van der Waals surface area contributed by atoms with Gasteiger partial charge in [0.2, 0.25) is 10.0 Å². The van der Waals surface area contributed by atoms with Crippen LogP contribution in [-0.4, -0.2) is 61.4 Å². The van der Waals surface area contributed by atoms with Crippen LogP contribution >= 0.6 is 0 Å². The quantitative estimate of drug-likeness (QED) is 0.397. The van der Waals surface area contributed by atoms with E-state index in [-0.39, 0.29) is 5.82 Å². The molecule has 0 saturated heterocycles. The zero-order chi connectivity index (χ0) is 24.5. The van der Waals surface area contributed by atoms with E-state index in [9.17, 15) is 8.42 Å². The third-order valence-electron chi connectivity index (χ3n) is 4.70. The van der Waals surface area contributed by atoms with Crippen LogP contribution in [0.2, 0.25) is 0 Å². The van der Waals surface area contributed by atoms with E-state index in [0.717, 1.165) is 16.3 Å². The van der Waals surface area contributed by atoms with E-state index in [1.54, 1.807) is 49.4 Å². The lowest BCUT2D eigenvalue weighted by atomic mass is 10.2. The lowest BCUT2D eigenvalue weighted by molar-refractivity contribution is 0.600. The molecule has 0 bridgehead atoms. The zero-order valence-electron chi connectivity index (χ0n) is 19.2. The lowest BCUT2D eigenvalue weighted by Gasteiger charge is -2.20. The Kier molecular flexibility index (Phi) is 6.06. The van der Waals surface area contributed by atoms with Gasteiger partial charge in [-0.05, 0) is 19.9 Å². The Bertz CT molecular complexity index is 1430. The monoisotopic (exact) mass is 481 g/mol. The van der Waals surface area contributed by atoms with Crippen LogP contribution in [0.15, 0.2) is 37.1 Å². The van der Waals surface area contributed by atoms with E-state index >= 15 is 0 Å². The molecule has 4 aromatic rings. The number of nitrogens with one attached hydrogen (secondary N) is 2. The Balaban J connectivity index is 1.67. The molecule has 2 N–H and O–H groups in total. The van der Waals surface area contributed by atoms with Gasteiger partial charge in [-0.2, -0.15) is 5.10 Å². The minimum absolute atomic E-state index is 0.283. The molecule has 0 aliphatic rings. The van der Waals surface area contributed by atoms with Crippen LogP contribution in [0.25, 0.3) is 11.4 Å². The number of pyridine rings is 1. The van der Waals surface area contributed by atoms with Crippen molar-refractivity contribution in [2.24, 2.45) is 7.05 Å². The first-order valence-corrected chi connectivity index (χ1v) is 11.9. The molecule has 14 heteroatoms. The van der Waals surface area contributed by atoms with Gasteiger partial charge in [0, 0.05) is 43.7 Å². The van der Waals surface area contributed by atoms with Gasteiger partial charge in [0.05, 0.1) is 11.9 Å². The second-order valence-electron chi connectivity index (χ2n) is 7.54. The number of nitrogens with zero attached hydrogens (tertiary/aromatic N) is 9. The van der Waals surface area contributed by atoms with Gasteiger partial charge in [-0.1, -0.05) is 0 Å². The van der Waals surface area contributed by atoms with E-state index in [0.29, 0.717) is 40.4 Å². The molecule has 0 aliphatic carbocycles. The molecule has 4 rings (SSSR count). The van der Waals surface area contributed by atoms with Gasteiger partial charge in [-0.3, -0.25) is 8.99 Å². The van der Waals surface area contributed by atoms with Gasteiger partial charge in [-0.25, -0.2) is 38.3 Å². The van der Waals surface area contributed by atoms with Crippen molar-refractivity contribution in [2.75, 3.05) is 28.2 Å². The molecular formula is C20H23N11O2S. The van der Waals surface area contributed by atoms with Crippen LogP contribution < -0.4 is 14.9 Å². The first kappa shape index (κ1) is 23.0. The van der Waals surface area contributed by atoms with Gasteiger partial charge in [0.15, 0.2) is 11.6 Å². The summed E-state index contributed by atoms with van der Waals surface area (Å²) in [6.45, 7) is 3.68. The fourth-order valence-electron chi connectivity index (χ4n) is 3.09. The summed E-state index contributed by atoms with van der Waals surface area (Å²) in [4.78, 5) is 25.7. The first-order valence-electron chi connectivity index (χ1n) is 10.1. The number of aryl methyl sites for hydroxylation is 3. The van der Waals surface area contributed by atoms with Crippen LogP contribution in [0.3, 0.4) is 0 Å². The SMILES string of the molecule is Cc1cc(Nc2cc(Nc3ncc(-c4ncn(C)n4)cc3N(C)S(C)(=O)=O)ncn2)nc(C)n1.